The minimum atomic E-state index is 0. The zero-order chi connectivity index (χ0) is 3.58. The van der Waals surface area contributed by atoms with Crippen LogP contribution in [0.15, 0.2) is 0 Å². The molecule has 0 heterocycles. The quantitative estimate of drug-likeness (QED) is 0.336. The minimum Gasteiger partial charge on any atom is -0.312 e. The molecule has 0 radical (unpaired) electrons. The van der Waals surface area contributed by atoms with Gasteiger partial charge in [0.05, 0.1) is 0 Å². The van der Waals surface area contributed by atoms with Gasteiger partial charge in [-0.3, -0.25) is 0 Å². The molecule has 0 amide bonds. The Bertz CT molecular complexity index is 11.6. The molecule has 0 aromatic rings. The van der Waals surface area contributed by atoms with Crippen molar-refractivity contribution in [2.75, 3.05) is 21.1 Å². The molecule has 0 rings (SSSR count). The van der Waals surface area contributed by atoms with Gasteiger partial charge in [-0.25, -0.2) is 0 Å². The van der Waals surface area contributed by atoms with Crippen LogP contribution in [0.3, 0.4) is 0 Å². The lowest BCUT2D eigenvalue weighted by molar-refractivity contribution is 0.505. The Kier molecular flexibility index (Phi) is 7.48. The van der Waals surface area contributed by atoms with Gasteiger partial charge in [-0.1, -0.05) is 0 Å². The van der Waals surface area contributed by atoms with Crippen LogP contribution in [0, 0.1) is 0 Å². The SMILES string of the molecule is CN(C)C.[SiH4]. The molecule has 0 fully saturated rings. The number of hydrogen-bond donors (Lipinski definition) is 0. The first-order chi connectivity index (χ1) is 1.73. The first-order valence-electron chi connectivity index (χ1n) is 1.34. The molecule has 1 nitrogen and oxygen atoms in total. The average molecular weight is 91.2 g/mol. The summed E-state index contributed by atoms with van der Waals surface area (Å²) in [6, 6.07) is 0. The highest BCUT2D eigenvalue weighted by molar-refractivity contribution is 5.75. The standard InChI is InChI=1S/C3H9N.H4Si/c1-4(2)3;/h1-3H3;1H4. The predicted octanol–water partition coefficient (Wildman–Crippen LogP) is -1.27. The van der Waals surface area contributed by atoms with Crippen LogP contribution in [-0.2, 0) is 0 Å². The molecule has 0 aromatic heterocycles. The lowest BCUT2D eigenvalue weighted by Crippen LogP contribution is -1.99. The number of hydrogen-bond acceptors (Lipinski definition) is 1. The van der Waals surface area contributed by atoms with Crippen LogP contribution < -0.4 is 0 Å². The van der Waals surface area contributed by atoms with Crippen molar-refractivity contribution in [1.29, 1.82) is 0 Å². The Morgan fingerprint density at radius 1 is 1.00 bits per heavy atom. The minimum absolute atomic E-state index is 0. The first kappa shape index (κ1) is 8.95. The van der Waals surface area contributed by atoms with E-state index in [9.17, 15) is 0 Å². The van der Waals surface area contributed by atoms with Gasteiger partial charge in [0.15, 0.2) is 0 Å². The van der Waals surface area contributed by atoms with E-state index in [0.717, 1.165) is 0 Å². The van der Waals surface area contributed by atoms with E-state index in [4.69, 9.17) is 0 Å². The van der Waals surface area contributed by atoms with E-state index in [1.165, 1.54) is 0 Å². The highest BCUT2D eigenvalue weighted by Crippen LogP contribution is 1.47. The van der Waals surface area contributed by atoms with E-state index in [-0.39, 0.29) is 11.0 Å². The second kappa shape index (κ2) is 4.18. The molecule has 0 aliphatic rings. The van der Waals surface area contributed by atoms with E-state index in [2.05, 4.69) is 0 Å². The molecule has 0 atom stereocenters. The highest BCUT2D eigenvalue weighted by atomic mass is 28.1. The molecule has 0 N–H and O–H groups in total. The summed E-state index contributed by atoms with van der Waals surface area (Å²) in [5, 5.41) is 0. The fourth-order valence-corrected chi connectivity index (χ4v) is 0. The Morgan fingerprint density at radius 3 is 1.00 bits per heavy atom. The van der Waals surface area contributed by atoms with Crippen LogP contribution >= 0.6 is 0 Å². The molecule has 0 saturated heterocycles. The predicted molar refractivity (Wildman–Crippen MR) is 30.9 cm³/mol. The molecule has 0 aliphatic carbocycles. The van der Waals surface area contributed by atoms with E-state index < -0.39 is 0 Å². The molecule has 0 unspecified atom stereocenters. The lowest BCUT2D eigenvalue weighted by atomic mass is 11.0. The van der Waals surface area contributed by atoms with Gasteiger partial charge in [-0.15, -0.1) is 0 Å². The summed E-state index contributed by atoms with van der Waals surface area (Å²) in [6.45, 7) is 0. The van der Waals surface area contributed by atoms with Crippen molar-refractivity contribution in [2.45, 2.75) is 0 Å². The van der Waals surface area contributed by atoms with Gasteiger partial charge in [0.1, 0.15) is 0 Å². The Balaban J connectivity index is 0. The highest BCUT2D eigenvalue weighted by Gasteiger charge is 1.58. The second-order valence-corrected chi connectivity index (χ2v) is 1.34. The average Bonchev–Trinajstić information content (AvgIpc) is 0.811. The normalized spacial score (nSPS) is 7.20. The summed E-state index contributed by atoms with van der Waals surface area (Å²) in [5.41, 5.74) is 0. The summed E-state index contributed by atoms with van der Waals surface area (Å²) < 4.78 is 0. The van der Waals surface area contributed by atoms with Crippen molar-refractivity contribution in [3.05, 3.63) is 0 Å². The fourth-order valence-electron chi connectivity index (χ4n) is 0. The third kappa shape index (κ3) is 633. The second-order valence-electron chi connectivity index (χ2n) is 1.34. The maximum atomic E-state index is 2.00. The molecule has 0 bridgehead atoms. The third-order valence-corrected chi connectivity index (χ3v) is 0. The van der Waals surface area contributed by atoms with Crippen molar-refractivity contribution in [1.82, 2.24) is 4.90 Å². The van der Waals surface area contributed by atoms with Gasteiger partial charge in [-0.05, 0) is 32.1 Å². The molecule has 5 heavy (non-hydrogen) atoms. The van der Waals surface area contributed by atoms with Crippen LogP contribution in [-0.4, -0.2) is 37.0 Å². The molecule has 34 valence electrons. The Morgan fingerprint density at radius 2 is 1.00 bits per heavy atom. The topological polar surface area (TPSA) is 3.24 Å². The van der Waals surface area contributed by atoms with Gasteiger partial charge >= 0.3 is 0 Å². The lowest BCUT2D eigenvalue weighted by Gasteiger charge is -1.90. The molecule has 0 saturated carbocycles. The number of rotatable bonds is 0. The molecule has 0 aliphatic heterocycles. The van der Waals surface area contributed by atoms with E-state index in [0.29, 0.717) is 0 Å². The largest absolute Gasteiger partial charge is 0.312 e. The molecular formula is C3H13NSi. The summed E-state index contributed by atoms with van der Waals surface area (Å²) in [4.78, 5) is 2.00. The van der Waals surface area contributed by atoms with Crippen LogP contribution in [0.25, 0.3) is 0 Å². The van der Waals surface area contributed by atoms with Crippen molar-refractivity contribution in [2.24, 2.45) is 0 Å². The maximum absolute atomic E-state index is 2.00. The molecule has 0 spiro atoms. The Hall–Kier alpha value is 0.177. The van der Waals surface area contributed by atoms with E-state index >= 15 is 0 Å². The zero-order valence-electron chi connectivity index (χ0n) is 3.45. The van der Waals surface area contributed by atoms with Crippen molar-refractivity contribution < 1.29 is 0 Å². The molecule has 2 heteroatoms. The van der Waals surface area contributed by atoms with Crippen LogP contribution in [0.5, 0.6) is 0 Å². The van der Waals surface area contributed by atoms with Crippen LogP contribution in [0.1, 0.15) is 0 Å². The number of nitrogens with zero attached hydrogens (tertiary/aromatic N) is 1. The van der Waals surface area contributed by atoms with Crippen molar-refractivity contribution in [3.63, 3.8) is 0 Å². The smallest absolute Gasteiger partial charge is 0.0140 e. The fraction of sp³-hybridized carbons (Fsp3) is 1.00. The van der Waals surface area contributed by atoms with Gasteiger partial charge in [-0.2, -0.15) is 0 Å². The van der Waals surface area contributed by atoms with Crippen LogP contribution in [0.4, 0.5) is 0 Å². The van der Waals surface area contributed by atoms with Gasteiger partial charge in [0, 0.05) is 0 Å². The zero-order valence-corrected chi connectivity index (χ0v) is 3.45. The summed E-state index contributed by atoms with van der Waals surface area (Å²) in [7, 11) is 6.00. The maximum Gasteiger partial charge on any atom is -0.0140 e. The third-order valence-electron chi connectivity index (χ3n) is 0. The summed E-state index contributed by atoms with van der Waals surface area (Å²) >= 11 is 0. The first-order valence-corrected chi connectivity index (χ1v) is 1.34. The van der Waals surface area contributed by atoms with E-state index in [1.54, 1.807) is 0 Å². The van der Waals surface area contributed by atoms with Gasteiger partial charge < -0.3 is 4.90 Å². The summed E-state index contributed by atoms with van der Waals surface area (Å²) in [5.74, 6) is 0. The van der Waals surface area contributed by atoms with Gasteiger partial charge in [0.25, 0.3) is 0 Å². The summed E-state index contributed by atoms with van der Waals surface area (Å²) in [6.07, 6.45) is 0. The molecular weight excluding hydrogens is 78.1 g/mol. The Labute approximate surface area is 38.0 Å². The molecule has 0 aromatic carbocycles. The van der Waals surface area contributed by atoms with E-state index in [1.807, 2.05) is 26.0 Å². The van der Waals surface area contributed by atoms with Gasteiger partial charge in [0.2, 0.25) is 0 Å². The monoisotopic (exact) mass is 91.1 g/mol. The van der Waals surface area contributed by atoms with Crippen LogP contribution in [0.2, 0.25) is 0 Å². The van der Waals surface area contributed by atoms with Crippen molar-refractivity contribution in [3.8, 4) is 0 Å². The van der Waals surface area contributed by atoms with Crippen molar-refractivity contribution >= 4 is 11.0 Å².